The fourth-order valence-electron chi connectivity index (χ4n) is 2.24. The van der Waals surface area contributed by atoms with E-state index in [9.17, 15) is 0 Å². The van der Waals surface area contributed by atoms with Crippen LogP contribution in [0, 0.1) is 11.8 Å². The Hall–Kier alpha value is -1.35. The molecule has 0 aliphatic heterocycles. The van der Waals surface area contributed by atoms with Crippen LogP contribution in [0.5, 0.6) is 0 Å². The van der Waals surface area contributed by atoms with Crippen LogP contribution in [-0.2, 0) is 6.42 Å². The van der Waals surface area contributed by atoms with E-state index in [1.54, 1.807) is 6.07 Å². The van der Waals surface area contributed by atoms with E-state index < -0.39 is 18.8 Å². The summed E-state index contributed by atoms with van der Waals surface area (Å²) in [5, 5.41) is 22.1. The summed E-state index contributed by atoms with van der Waals surface area (Å²) in [6, 6.07) is 1.80. The summed E-state index contributed by atoms with van der Waals surface area (Å²) in [5.74, 6) is 5.75. The molecule has 23 heavy (non-hydrogen) atoms. The molecule has 0 bridgehead atoms. The van der Waals surface area contributed by atoms with Crippen molar-refractivity contribution < 1.29 is 14.7 Å². The molecule has 1 heterocycles. The first-order chi connectivity index (χ1) is 11.1. The fraction of sp³-hybridized carbons (Fsp3) is 0.722. The Labute approximate surface area is 139 Å². The maximum atomic E-state index is 9.07. The number of aliphatic hydroxyl groups excluding tert-OH is 2. The second kappa shape index (κ2) is 11.2. The quantitative estimate of drug-likeness (QED) is 0.430. The first kappa shape index (κ1) is 19.7. The lowest BCUT2D eigenvalue weighted by molar-refractivity contribution is 0.158. The molecule has 0 aromatic carbocycles. The van der Waals surface area contributed by atoms with Gasteiger partial charge in [-0.25, -0.2) is 0 Å². The van der Waals surface area contributed by atoms with Crippen molar-refractivity contribution in [3.8, 4) is 11.8 Å². The molecule has 0 saturated heterocycles. The number of aryl methyl sites for hydroxylation is 1. The first-order valence-corrected chi connectivity index (χ1v) is 8.63. The molecule has 5 nitrogen and oxygen atoms in total. The molecule has 0 aliphatic rings. The molecule has 0 atom stereocenters. The van der Waals surface area contributed by atoms with Crippen LogP contribution >= 0.6 is 0 Å². The molecule has 1 rings (SSSR count). The van der Waals surface area contributed by atoms with Crippen molar-refractivity contribution in [1.82, 2.24) is 5.16 Å². The smallest absolute Gasteiger partial charge is 0.209 e. The minimum absolute atomic E-state index is 0.407. The van der Waals surface area contributed by atoms with Gasteiger partial charge in [0.1, 0.15) is 5.54 Å². The summed E-state index contributed by atoms with van der Waals surface area (Å²) >= 11 is 0. The average molecular weight is 322 g/mol. The van der Waals surface area contributed by atoms with Gasteiger partial charge in [-0.05, 0) is 18.8 Å². The number of aromatic nitrogens is 1. The molecule has 0 aliphatic carbocycles. The van der Waals surface area contributed by atoms with E-state index in [2.05, 4.69) is 23.9 Å². The van der Waals surface area contributed by atoms with Crippen molar-refractivity contribution in [2.45, 2.75) is 70.3 Å². The molecule has 0 amide bonds. The molecule has 0 fully saturated rings. The lowest BCUT2D eigenvalue weighted by Crippen LogP contribution is -2.45. The van der Waals surface area contributed by atoms with E-state index in [1.807, 2.05) is 0 Å². The summed E-state index contributed by atoms with van der Waals surface area (Å²) in [5.41, 5.74) is 5.26. The van der Waals surface area contributed by atoms with Crippen molar-refractivity contribution in [3.63, 3.8) is 0 Å². The maximum absolute atomic E-state index is 9.07. The summed E-state index contributed by atoms with van der Waals surface area (Å²) in [6.07, 6.45) is 11.1. The Bertz CT molecular complexity index is 484. The largest absolute Gasteiger partial charge is 0.393 e. The molecule has 0 spiro atoms. The SMILES string of the molecule is CCCCCCCCCCc1cc(C#CC(N)(CO)CO)on1. The number of nitrogens with zero attached hydrogens (tertiary/aromatic N) is 1. The highest BCUT2D eigenvalue weighted by Gasteiger charge is 2.19. The van der Waals surface area contributed by atoms with E-state index in [-0.39, 0.29) is 0 Å². The van der Waals surface area contributed by atoms with Gasteiger partial charge in [-0.1, -0.05) is 62.9 Å². The second-order valence-electron chi connectivity index (χ2n) is 6.13. The molecular formula is C18H30N2O3. The van der Waals surface area contributed by atoms with Crippen LogP contribution in [0.4, 0.5) is 0 Å². The van der Waals surface area contributed by atoms with Gasteiger partial charge >= 0.3 is 0 Å². The van der Waals surface area contributed by atoms with Crippen LogP contribution in [0.3, 0.4) is 0 Å². The Kier molecular flexibility index (Phi) is 9.61. The van der Waals surface area contributed by atoms with Crippen LogP contribution in [0.15, 0.2) is 10.6 Å². The Morgan fingerprint density at radius 1 is 1.09 bits per heavy atom. The lowest BCUT2D eigenvalue weighted by Gasteiger charge is -2.15. The highest BCUT2D eigenvalue weighted by molar-refractivity contribution is 5.30. The van der Waals surface area contributed by atoms with Gasteiger partial charge in [0, 0.05) is 6.07 Å². The van der Waals surface area contributed by atoms with Crippen molar-refractivity contribution in [2.75, 3.05) is 13.2 Å². The van der Waals surface area contributed by atoms with Crippen LogP contribution < -0.4 is 5.73 Å². The summed E-state index contributed by atoms with van der Waals surface area (Å²) in [7, 11) is 0. The van der Waals surface area contributed by atoms with Crippen LogP contribution in [0.25, 0.3) is 0 Å². The summed E-state index contributed by atoms with van der Waals surface area (Å²) < 4.78 is 5.13. The normalized spacial score (nSPS) is 11.3. The van der Waals surface area contributed by atoms with Gasteiger partial charge < -0.3 is 20.5 Å². The Morgan fingerprint density at radius 2 is 1.70 bits per heavy atom. The van der Waals surface area contributed by atoms with Gasteiger partial charge in [0.25, 0.3) is 0 Å². The molecule has 5 heteroatoms. The first-order valence-electron chi connectivity index (χ1n) is 8.63. The van der Waals surface area contributed by atoms with E-state index in [1.165, 1.54) is 44.9 Å². The van der Waals surface area contributed by atoms with E-state index >= 15 is 0 Å². The minimum Gasteiger partial charge on any atom is -0.393 e. The zero-order valence-electron chi connectivity index (χ0n) is 14.2. The highest BCUT2D eigenvalue weighted by Crippen LogP contribution is 2.11. The molecular weight excluding hydrogens is 292 g/mol. The number of nitrogens with two attached hydrogens (primary N) is 1. The minimum atomic E-state index is -1.30. The number of aliphatic hydroxyl groups is 2. The number of hydrogen-bond donors (Lipinski definition) is 3. The van der Waals surface area contributed by atoms with Crippen molar-refractivity contribution in [3.05, 3.63) is 17.5 Å². The second-order valence-corrected chi connectivity index (χ2v) is 6.13. The van der Waals surface area contributed by atoms with Gasteiger partial charge in [-0.15, -0.1) is 0 Å². The standard InChI is InChI=1S/C18H30N2O3/c1-2-3-4-5-6-7-8-9-10-16-13-17(23-20-16)11-12-18(19,14-21)15-22/h13,21-22H,2-10,14-15,19H2,1H3. The summed E-state index contributed by atoms with van der Waals surface area (Å²) in [6.45, 7) is 1.42. The molecule has 4 N–H and O–H groups in total. The summed E-state index contributed by atoms with van der Waals surface area (Å²) in [4.78, 5) is 0. The molecule has 130 valence electrons. The third-order valence-electron chi connectivity index (χ3n) is 3.84. The van der Waals surface area contributed by atoms with E-state index in [0.29, 0.717) is 5.76 Å². The Balaban J connectivity index is 2.25. The van der Waals surface area contributed by atoms with E-state index in [4.69, 9.17) is 20.5 Å². The van der Waals surface area contributed by atoms with Crippen LogP contribution in [-0.4, -0.2) is 34.1 Å². The maximum Gasteiger partial charge on any atom is 0.209 e. The predicted octanol–water partition coefficient (Wildman–Crippen LogP) is 2.39. The lowest BCUT2D eigenvalue weighted by atomic mass is 10.0. The fourth-order valence-corrected chi connectivity index (χ4v) is 2.24. The van der Waals surface area contributed by atoms with Crippen molar-refractivity contribution in [2.24, 2.45) is 5.73 Å². The molecule has 1 aromatic heterocycles. The van der Waals surface area contributed by atoms with E-state index in [0.717, 1.165) is 18.5 Å². The zero-order chi connectivity index (χ0) is 17.0. The third-order valence-corrected chi connectivity index (χ3v) is 3.84. The predicted molar refractivity (Wildman–Crippen MR) is 90.8 cm³/mol. The third kappa shape index (κ3) is 8.17. The number of unbranched alkanes of at least 4 members (excludes halogenated alkanes) is 7. The van der Waals surface area contributed by atoms with Gasteiger partial charge in [-0.2, -0.15) is 0 Å². The van der Waals surface area contributed by atoms with Crippen molar-refractivity contribution >= 4 is 0 Å². The van der Waals surface area contributed by atoms with Gasteiger partial charge in [0.15, 0.2) is 0 Å². The molecule has 1 aromatic rings. The highest BCUT2D eigenvalue weighted by atomic mass is 16.5. The zero-order valence-corrected chi connectivity index (χ0v) is 14.2. The van der Waals surface area contributed by atoms with Gasteiger partial charge in [0.05, 0.1) is 18.9 Å². The number of rotatable bonds is 11. The van der Waals surface area contributed by atoms with Crippen LogP contribution in [0.2, 0.25) is 0 Å². The average Bonchev–Trinajstić information content (AvgIpc) is 3.03. The topological polar surface area (TPSA) is 92.5 Å². The monoisotopic (exact) mass is 322 g/mol. The van der Waals surface area contributed by atoms with Crippen molar-refractivity contribution in [1.29, 1.82) is 0 Å². The van der Waals surface area contributed by atoms with Gasteiger partial charge in [0.2, 0.25) is 5.76 Å². The molecule has 0 saturated carbocycles. The van der Waals surface area contributed by atoms with Gasteiger partial charge in [-0.3, -0.25) is 0 Å². The van der Waals surface area contributed by atoms with Crippen LogP contribution in [0.1, 0.15) is 69.7 Å². The number of hydrogen-bond acceptors (Lipinski definition) is 5. The Morgan fingerprint density at radius 3 is 2.30 bits per heavy atom. The molecule has 0 unspecified atom stereocenters. The molecule has 0 radical (unpaired) electrons.